The molecule has 3 rings (SSSR count). The van der Waals surface area contributed by atoms with Crippen LogP contribution in [0.4, 0.5) is 13.2 Å². The summed E-state index contributed by atoms with van der Waals surface area (Å²) in [6, 6.07) is 13.3. The van der Waals surface area contributed by atoms with Gasteiger partial charge in [0.1, 0.15) is 11.5 Å². The highest BCUT2D eigenvalue weighted by molar-refractivity contribution is 5.68. The molecule has 0 aliphatic rings. The standard InChI is InChI=1S/C18H13F3O3/c1-22-16-5-2-3-6-17(16)24-15-9-8-12(18(19,20)21)11-13(15)14-7-4-10-23-14/h2-11H,1H3. The van der Waals surface area contributed by atoms with E-state index in [0.29, 0.717) is 11.5 Å². The van der Waals surface area contributed by atoms with Gasteiger partial charge in [-0.25, -0.2) is 0 Å². The molecule has 0 aliphatic carbocycles. The minimum atomic E-state index is -4.45. The van der Waals surface area contributed by atoms with Crippen LogP contribution in [-0.2, 0) is 6.18 Å². The van der Waals surface area contributed by atoms with Gasteiger partial charge < -0.3 is 13.9 Å². The van der Waals surface area contributed by atoms with Gasteiger partial charge in [0, 0.05) is 0 Å². The fraction of sp³-hybridized carbons (Fsp3) is 0.111. The van der Waals surface area contributed by atoms with E-state index >= 15 is 0 Å². The Labute approximate surface area is 136 Å². The first kappa shape index (κ1) is 16.0. The van der Waals surface area contributed by atoms with Gasteiger partial charge in [0.25, 0.3) is 0 Å². The number of furan rings is 1. The van der Waals surface area contributed by atoms with Crippen LogP contribution >= 0.6 is 0 Å². The normalized spacial score (nSPS) is 11.3. The van der Waals surface area contributed by atoms with E-state index in [2.05, 4.69) is 0 Å². The molecule has 0 aliphatic heterocycles. The van der Waals surface area contributed by atoms with Gasteiger partial charge in [0.05, 0.1) is 24.5 Å². The molecule has 24 heavy (non-hydrogen) atoms. The molecular formula is C18H13F3O3. The van der Waals surface area contributed by atoms with Gasteiger partial charge in [-0.15, -0.1) is 0 Å². The molecule has 0 unspecified atom stereocenters. The number of rotatable bonds is 4. The average Bonchev–Trinajstić information content (AvgIpc) is 3.09. The molecule has 6 heteroatoms. The summed E-state index contributed by atoms with van der Waals surface area (Å²) in [4.78, 5) is 0. The number of alkyl halides is 3. The molecule has 124 valence electrons. The second-order valence-electron chi connectivity index (χ2n) is 4.94. The zero-order valence-electron chi connectivity index (χ0n) is 12.6. The number of para-hydroxylation sites is 2. The van der Waals surface area contributed by atoms with Crippen molar-refractivity contribution in [1.82, 2.24) is 0 Å². The highest BCUT2D eigenvalue weighted by Crippen LogP contribution is 2.40. The Morgan fingerprint density at radius 3 is 2.25 bits per heavy atom. The molecule has 0 N–H and O–H groups in total. The summed E-state index contributed by atoms with van der Waals surface area (Å²) in [5.74, 6) is 1.39. The van der Waals surface area contributed by atoms with E-state index in [0.717, 1.165) is 12.1 Å². The van der Waals surface area contributed by atoms with Crippen LogP contribution < -0.4 is 9.47 Å². The number of benzene rings is 2. The second kappa shape index (κ2) is 6.31. The highest BCUT2D eigenvalue weighted by atomic mass is 19.4. The molecular weight excluding hydrogens is 321 g/mol. The van der Waals surface area contributed by atoms with Crippen LogP contribution in [0, 0.1) is 0 Å². The maximum atomic E-state index is 13.0. The molecule has 0 saturated heterocycles. The Hall–Kier alpha value is -2.89. The molecule has 0 amide bonds. The number of halogens is 3. The lowest BCUT2D eigenvalue weighted by atomic mass is 10.1. The summed E-state index contributed by atoms with van der Waals surface area (Å²) < 4.78 is 55.2. The molecule has 0 saturated carbocycles. The predicted octanol–water partition coefficient (Wildman–Crippen LogP) is 5.77. The van der Waals surface area contributed by atoms with Gasteiger partial charge in [-0.2, -0.15) is 13.2 Å². The molecule has 2 aromatic carbocycles. The number of hydrogen-bond acceptors (Lipinski definition) is 3. The second-order valence-corrected chi connectivity index (χ2v) is 4.94. The van der Waals surface area contributed by atoms with Crippen molar-refractivity contribution in [2.75, 3.05) is 7.11 Å². The summed E-state index contributed by atoms with van der Waals surface area (Å²) in [5.41, 5.74) is -0.568. The lowest BCUT2D eigenvalue weighted by Gasteiger charge is -2.14. The van der Waals surface area contributed by atoms with Crippen LogP contribution in [0.15, 0.2) is 65.3 Å². The lowest BCUT2D eigenvalue weighted by molar-refractivity contribution is -0.137. The zero-order valence-corrected chi connectivity index (χ0v) is 12.6. The van der Waals surface area contributed by atoms with Crippen LogP contribution in [0.5, 0.6) is 17.2 Å². The third-order valence-electron chi connectivity index (χ3n) is 3.38. The Bertz CT molecular complexity index is 824. The summed E-state index contributed by atoms with van der Waals surface area (Å²) in [6.45, 7) is 0. The largest absolute Gasteiger partial charge is 0.493 e. The third kappa shape index (κ3) is 3.22. The van der Waals surface area contributed by atoms with Gasteiger partial charge in [-0.1, -0.05) is 12.1 Å². The smallest absolute Gasteiger partial charge is 0.416 e. The van der Waals surface area contributed by atoms with Gasteiger partial charge in [-0.3, -0.25) is 0 Å². The van der Waals surface area contributed by atoms with Crippen LogP contribution in [0.25, 0.3) is 11.3 Å². The Kier molecular flexibility index (Phi) is 4.20. The molecule has 0 atom stereocenters. The number of ether oxygens (including phenoxy) is 2. The molecule has 1 heterocycles. The number of methoxy groups -OCH3 is 1. The van der Waals surface area contributed by atoms with Crippen molar-refractivity contribution < 1.29 is 27.1 Å². The summed E-state index contributed by atoms with van der Waals surface area (Å²) in [7, 11) is 1.49. The van der Waals surface area contributed by atoms with Gasteiger partial charge >= 0.3 is 6.18 Å². The van der Waals surface area contributed by atoms with Crippen LogP contribution in [0.3, 0.4) is 0 Å². The summed E-state index contributed by atoms with van der Waals surface area (Å²) in [5, 5.41) is 0. The van der Waals surface area contributed by atoms with Crippen molar-refractivity contribution in [1.29, 1.82) is 0 Å². The predicted molar refractivity (Wildman–Crippen MR) is 82.2 cm³/mol. The first-order valence-corrected chi connectivity index (χ1v) is 7.05. The Morgan fingerprint density at radius 1 is 0.875 bits per heavy atom. The highest BCUT2D eigenvalue weighted by Gasteiger charge is 2.31. The summed E-state index contributed by atoms with van der Waals surface area (Å²) in [6.07, 6.45) is -3.06. The van der Waals surface area contributed by atoms with E-state index in [9.17, 15) is 13.2 Å². The van der Waals surface area contributed by atoms with Crippen molar-refractivity contribution in [2.24, 2.45) is 0 Å². The lowest BCUT2D eigenvalue weighted by Crippen LogP contribution is -2.05. The third-order valence-corrected chi connectivity index (χ3v) is 3.38. The molecule has 0 spiro atoms. The first-order valence-electron chi connectivity index (χ1n) is 7.05. The van der Waals surface area contributed by atoms with Crippen molar-refractivity contribution in [3.8, 4) is 28.6 Å². The molecule has 0 bridgehead atoms. The Balaban J connectivity index is 2.07. The van der Waals surface area contributed by atoms with E-state index in [1.807, 2.05) is 0 Å². The van der Waals surface area contributed by atoms with Gasteiger partial charge in [-0.05, 0) is 42.5 Å². The molecule has 3 nitrogen and oxygen atoms in total. The molecule has 0 radical (unpaired) electrons. The van der Waals surface area contributed by atoms with E-state index < -0.39 is 11.7 Å². The Morgan fingerprint density at radius 2 is 1.62 bits per heavy atom. The SMILES string of the molecule is COc1ccccc1Oc1ccc(C(F)(F)F)cc1-c1ccco1. The minimum Gasteiger partial charge on any atom is -0.493 e. The fourth-order valence-corrected chi connectivity index (χ4v) is 2.24. The fourth-order valence-electron chi connectivity index (χ4n) is 2.24. The quantitative estimate of drug-likeness (QED) is 0.607. The van der Waals surface area contributed by atoms with Crippen molar-refractivity contribution in [3.63, 3.8) is 0 Å². The molecule has 0 fully saturated rings. The van der Waals surface area contributed by atoms with Crippen LogP contribution in [-0.4, -0.2) is 7.11 Å². The zero-order chi connectivity index (χ0) is 17.2. The minimum absolute atomic E-state index is 0.209. The molecule has 3 aromatic rings. The molecule has 1 aromatic heterocycles. The maximum Gasteiger partial charge on any atom is 0.416 e. The van der Waals surface area contributed by atoms with Gasteiger partial charge in [0.2, 0.25) is 0 Å². The van der Waals surface area contributed by atoms with E-state index in [1.165, 1.54) is 19.4 Å². The number of hydrogen-bond donors (Lipinski definition) is 0. The van der Waals surface area contributed by atoms with Crippen molar-refractivity contribution in [3.05, 3.63) is 66.4 Å². The average molecular weight is 334 g/mol. The van der Waals surface area contributed by atoms with Crippen LogP contribution in [0.2, 0.25) is 0 Å². The van der Waals surface area contributed by atoms with Crippen LogP contribution in [0.1, 0.15) is 5.56 Å². The maximum absolute atomic E-state index is 13.0. The van der Waals surface area contributed by atoms with Crippen molar-refractivity contribution in [2.45, 2.75) is 6.18 Å². The van der Waals surface area contributed by atoms with E-state index in [1.54, 1.807) is 36.4 Å². The van der Waals surface area contributed by atoms with Crippen molar-refractivity contribution >= 4 is 0 Å². The topological polar surface area (TPSA) is 31.6 Å². The van der Waals surface area contributed by atoms with E-state index in [4.69, 9.17) is 13.9 Å². The first-order chi connectivity index (χ1) is 11.5. The monoisotopic (exact) mass is 334 g/mol. The summed E-state index contributed by atoms with van der Waals surface area (Å²) >= 11 is 0. The van der Waals surface area contributed by atoms with Gasteiger partial charge in [0.15, 0.2) is 11.5 Å². The van der Waals surface area contributed by atoms with E-state index in [-0.39, 0.29) is 17.1 Å².